The molecule has 0 N–H and O–H groups in total. The quantitative estimate of drug-likeness (QED) is 0.283. The Hall–Kier alpha value is -2.93. The summed E-state index contributed by atoms with van der Waals surface area (Å²) in [5, 5.41) is 0.437. The van der Waals surface area contributed by atoms with E-state index in [0.29, 0.717) is 45.2 Å². The van der Waals surface area contributed by atoms with Crippen LogP contribution in [0.4, 0.5) is 4.79 Å². The summed E-state index contributed by atoms with van der Waals surface area (Å²) in [5.74, 6) is 0.773. The molecule has 180 valence electrons. The smallest absolute Gasteiger partial charge is 0.293 e. The molecule has 0 spiro atoms. The van der Waals surface area contributed by atoms with Crippen LogP contribution in [0.3, 0.4) is 0 Å². The Morgan fingerprint density at radius 3 is 2.34 bits per heavy atom. The molecule has 1 aliphatic rings. The molecular weight excluding hydrogens is 505 g/mol. The number of nitrogens with zero attached hydrogens (tertiary/aromatic N) is 1. The molecule has 0 aliphatic carbocycles. The monoisotopic (exact) mass is 527 g/mol. The second kappa shape index (κ2) is 11.2. The number of benzene rings is 3. The van der Waals surface area contributed by atoms with E-state index in [1.54, 1.807) is 36.4 Å². The number of carbonyl (C=O) groups excluding carboxylic acids is 2. The molecule has 0 aromatic heterocycles. The molecule has 4 rings (SSSR count). The van der Waals surface area contributed by atoms with Crippen molar-refractivity contribution in [2.45, 2.75) is 27.0 Å². The van der Waals surface area contributed by atoms with Crippen LogP contribution in [0.1, 0.15) is 29.2 Å². The summed E-state index contributed by atoms with van der Waals surface area (Å²) in [5.41, 5.74) is 3.49. The molecule has 3 aromatic rings. The van der Waals surface area contributed by atoms with Gasteiger partial charge in [-0.15, -0.1) is 0 Å². The molecule has 0 radical (unpaired) electrons. The first-order valence-corrected chi connectivity index (χ1v) is 12.6. The van der Waals surface area contributed by atoms with Crippen LogP contribution in [0.2, 0.25) is 10.0 Å². The maximum absolute atomic E-state index is 13.0. The number of hydrogen-bond acceptors (Lipinski definition) is 5. The molecule has 2 amide bonds. The van der Waals surface area contributed by atoms with Crippen molar-refractivity contribution >= 4 is 52.2 Å². The predicted octanol–water partition coefficient (Wildman–Crippen LogP) is 7.52. The highest BCUT2D eigenvalue weighted by Gasteiger charge is 2.35. The van der Waals surface area contributed by atoms with Gasteiger partial charge in [0, 0.05) is 15.6 Å². The summed E-state index contributed by atoms with van der Waals surface area (Å²) >= 11 is 13.3. The van der Waals surface area contributed by atoms with Crippen LogP contribution in [-0.2, 0) is 17.9 Å². The predicted molar refractivity (Wildman–Crippen MR) is 141 cm³/mol. The van der Waals surface area contributed by atoms with Gasteiger partial charge in [-0.3, -0.25) is 14.5 Å². The summed E-state index contributed by atoms with van der Waals surface area (Å²) in [4.78, 5) is 27.0. The second-order valence-corrected chi connectivity index (χ2v) is 9.69. The Kier molecular flexibility index (Phi) is 8.06. The van der Waals surface area contributed by atoms with E-state index in [0.717, 1.165) is 27.8 Å². The molecule has 1 saturated heterocycles. The Morgan fingerprint density at radius 1 is 0.943 bits per heavy atom. The van der Waals surface area contributed by atoms with E-state index in [4.69, 9.17) is 32.7 Å². The lowest BCUT2D eigenvalue weighted by Crippen LogP contribution is -2.27. The number of carbonyl (C=O) groups is 2. The Morgan fingerprint density at radius 2 is 1.66 bits per heavy atom. The van der Waals surface area contributed by atoms with Gasteiger partial charge in [0.25, 0.3) is 11.1 Å². The zero-order valence-corrected chi connectivity index (χ0v) is 21.5. The fraction of sp³-hybridized carbons (Fsp3) is 0.185. The van der Waals surface area contributed by atoms with Gasteiger partial charge in [-0.1, -0.05) is 65.2 Å². The zero-order chi connectivity index (χ0) is 24.9. The zero-order valence-electron chi connectivity index (χ0n) is 19.2. The van der Waals surface area contributed by atoms with Crippen molar-refractivity contribution < 1.29 is 19.1 Å². The molecule has 1 fully saturated rings. The topological polar surface area (TPSA) is 55.8 Å². The number of hydrogen-bond donors (Lipinski definition) is 0. The summed E-state index contributed by atoms with van der Waals surface area (Å²) < 4.78 is 11.8. The van der Waals surface area contributed by atoms with Crippen molar-refractivity contribution in [1.29, 1.82) is 0 Å². The molecule has 5 nitrogen and oxygen atoms in total. The normalized spacial score (nSPS) is 14.6. The van der Waals surface area contributed by atoms with E-state index in [1.807, 2.05) is 44.2 Å². The van der Waals surface area contributed by atoms with Crippen LogP contribution in [0.25, 0.3) is 6.08 Å². The van der Waals surface area contributed by atoms with Gasteiger partial charge in [-0.2, -0.15) is 0 Å². The lowest BCUT2D eigenvalue weighted by atomic mass is 10.1. The number of aryl methyl sites for hydroxylation is 1. The second-order valence-electron chi connectivity index (χ2n) is 7.88. The third-order valence-corrected chi connectivity index (χ3v) is 6.95. The first-order valence-electron chi connectivity index (χ1n) is 11.0. The van der Waals surface area contributed by atoms with E-state index in [2.05, 4.69) is 0 Å². The molecule has 35 heavy (non-hydrogen) atoms. The fourth-order valence-electron chi connectivity index (χ4n) is 3.48. The maximum Gasteiger partial charge on any atom is 0.293 e. The van der Waals surface area contributed by atoms with Gasteiger partial charge in [-0.05, 0) is 67.1 Å². The standard InChI is InChI=1S/C27H23Cl2NO4S/c1-3-33-24-13-19(11-12-23(24)34-16-18-9-7-17(2)8-10-18)14-25-26(31)30(27(32)35-25)15-20-21(28)5-4-6-22(20)29/h4-14H,3,15-16H2,1-2H3/b25-14-. The Bertz CT molecular complexity index is 1270. The molecule has 0 bridgehead atoms. The first-order chi connectivity index (χ1) is 16.9. The summed E-state index contributed by atoms with van der Waals surface area (Å²) in [6.45, 7) is 4.80. The number of ether oxygens (including phenoxy) is 2. The molecule has 0 unspecified atom stereocenters. The van der Waals surface area contributed by atoms with Crippen LogP contribution in [0, 0.1) is 6.92 Å². The van der Waals surface area contributed by atoms with E-state index in [-0.39, 0.29) is 11.8 Å². The van der Waals surface area contributed by atoms with Crippen molar-refractivity contribution in [3.8, 4) is 11.5 Å². The highest BCUT2D eigenvalue weighted by molar-refractivity contribution is 8.18. The van der Waals surface area contributed by atoms with E-state index in [9.17, 15) is 9.59 Å². The number of imide groups is 1. The number of thioether (sulfide) groups is 1. The average molecular weight is 528 g/mol. The van der Waals surface area contributed by atoms with Crippen molar-refractivity contribution in [3.63, 3.8) is 0 Å². The first kappa shape index (κ1) is 25.2. The summed E-state index contributed by atoms with van der Waals surface area (Å²) in [7, 11) is 0. The third kappa shape index (κ3) is 6.01. The van der Waals surface area contributed by atoms with Crippen LogP contribution in [0.15, 0.2) is 65.6 Å². The van der Waals surface area contributed by atoms with Crippen LogP contribution < -0.4 is 9.47 Å². The lowest BCUT2D eigenvalue weighted by Gasteiger charge is -2.15. The molecule has 8 heteroatoms. The van der Waals surface area contributed by atoms with Gasteiger partial charge < -0.3 is 9.47 Å². The van der Waals surface area contributed by atoms with Gasteiger partial charge in [0.05, 0.1) is 18.1 Å². The van der Waals surface area contributed by atoms with Crippen LogP contribution >= 0.6 is 35.0 Å². The number of amides is 2. The van der Waals surface area contributed by atoms with Crippen LogP contribution in [-0.4, -0.2) is 22.7 Å². The average Bonchev–Trinajstić information content (AvgIpc) is 3.09. The highest BCUT2D eigenvalue weighted by atomic mass is 35.5. The minimum atomic E-state index is -0.395. The van der Waals surface area contributed by atoms with Crippen LogP contribution in [0.5, 0.6) is 11.5 Å². The SMILES string of the molecule is CCOc1cc(/C=C2\SC(=O)N(Cc3c(Cl)cccc3Cl)C2=O)ccc1OCc1ccc(C)cc1. The molecule has 0 atom stereocenters. The largest absolute Gasteiger partial charge is 0.490 e. The molecule has 0 saturated carbocycles. The van der Waals surface area contributed by atoms with E-state index < -0.39 is 5.91 Å². The number of rotatable bonds is 8. The van der Waals surface area contributed by atoms with Crippen molar-refractivity contribution in [2.75, 3.05) is 6.61 Å². The van der Waals surface area contributed by atoms with Crippen molar-refractivity contribution in [3.05, 3.63) is 97.9 Å². The van der Waals surface area contributed by atoms with Gasteiger partial charge in [-0.25, -0.2) is 0 Å². The molecule has 3 aromatic carbocycles. The van der Waals surface area contributed by atoms with E-state index in [1.165, 1.54) is 5.56 Å². The Balaban J connectivity index is 1.52. The van der Waals surface area contributed by atoms with Gasteiger partial charge >= 0.3 is 0 Å². The van der Waals surface area contributed by atoms with E-state index >= 15 is 0 Å². The minimum Gasteiger partial charge on any atom is -0.490 e. The molecular formula is C27H23Cl2NO4S. The van der Waals surface area contributed by atoms with Crippen molar-refractivity contribution in [2.24, 2.45) is 0 Å². The van der Waals surface area contributed by atoms with Gasteiger partial charge in [0.1, 0.15) is 6.61 Å². The summed E-state index contributed by atoms with van der Waals surface area (Å²) in [6.07, 6.45) is 1.67. The third-order valence-electron chi connectivity index (χ3n) is 5.33. The Labute approximate surface area is 218 Å². The lowest BCUT2D eigenvalue weighted by molar-refractivity contribution is -0.123. The van der Waals surface area contributed by atoms with Gasteiger partial charge in [0.15, 0.2) is 11.5 Å². The fourth-order valence-corrected chi connectivity index (χ4v) is 4.83. The minimum absolute atomic E-state index is 0.0104. The maximum atomic E-state index is 13.0. The van der Waals surface area contributed by atoms with Gasteiger partial charge in [0.2, 0.25) is 0 Å². The molecule has 1 aliphatic heterocycles. The molecule has 1 heterocycles. The summed E-state index contributed by atoms with van der Waals surface area (Å²) in [6, 6.07) is 18.6. The highest BCUT2D eigenvalue weighted by Crippen LogP contribution is 2.37. The number of halogens is 2. The van der Waals surface area contributed by atoms with Crippen molar-refractivity contribution in [1.82, 2.24) is 4.90 Å².